The lowest BCUT2D eigenvalue weighted by molar-refractivity contribution is -0.148. The zero-order valence-electron chi connectivity index (χ0n) is 12.3. The summed E-state index contributed by atoms with van der Waals surface area (Å²) in [6.07, 6.45) is -0.282. The van der Waals surface area contributed by atoms with Gasteiger partial charge in [0.05, 0.1) is 25.3 Å². The van der Waals surface area contributed by atoms with E-state index in [2.05, 4.69) is 5.32 Å². The number of nitrogens with one attached hydrogen (secondary N) is 1. The SMILES string of the molecule is COc1cc(F)c(NC(=O)CC(C)(C)C(=O)O)cc1OC. The summed E-state index contributed by atoms with van der Waals surface area (Å²) in [5.41, 5.74) is -1.34. The van der Waals surface area contributed by atoms with Gasteiger partial charge >= 0.3 is 5.97 Å². The first-order valence-electron chi connectivity index (χ1n) is 6.16. The van der Waals surface area contributed by atoms with Gasteiger partial charge in [-0.25, -0.2) is 4.39 Å². The van der Waals surface area contributed by atoms with Gasteiger partial charge in [-0.1, -0.05) is 0 Å². The zero-order valence-corrected chi connectivity index (χ0v) is 12.3. The number of aliphatic carboxylic acids is 1. The van der Waals surface area contributed by atoms with E-state index in [1.165, 1.54) is 34.1 Å². The number of benzene rings is 1. The Hall–Kier alpha value is -2.31. The smallest absolute Gasteiger partial charge is 0.309 e. The van der Waals surface area contributed by atoms with Crippen LogP contribution in [0, 0.1) is 11.2 Å². The Labute approximate surface area is 121 Å². The van der Waals surface area contributed by atoms with Crippen LogP contribution in [0.25, 0.3) is 0 Å². The molecule has 1 aromatic carbocycles. The lowest BCUT2D eigenvalue weighted by Gasteiger charge is -2.18. The van der Waals surface area contributed by atoms with Gasteiger partial charge in [-0.05, 0) is 13.8 Å². The number of carbonyl (C=O) groups is 2. The third-order valence-electron chi connectivity index (χ3n) is 2.93. The molecular formula is C14H18FNO5. The quantitative estimate of drug-likeness (QED) is 0.841. The molecule has 0 aliphatic heterocycles. The summed E-state index contributed by atoms with van der Waals surface area (Å²) in [7, 11) is 2.75. The summed E-state index contributed by atoms with van der Waals surface area (Å²) in [5.74, 6) is -1.96. The van der Waals surface area contributed by atoms with Crippen molar-refractivity contribution in [3.05, 3.63) is 17.9 Å². The van der Waals surface area contributed by atoms with Gasteiger partial charge in [-0.2, -0.15) is 0 Å². The lowest BCUT2D eigenvalue weighted by atomic mass is 9.89. The van der Waals surface area contributed by atoms with Crippen LogP contribution in [0.1, 0.15) is 20.3 Å². The minimum absolute atomic E-state index is 0.0983. The second kappa shape index (κ2) is 6.43. The fraction of sp³-hybridized carbons (Fsp3) is 0.429. The van der Waals surface area contributed by atoms with Gasteiger partial charge in [0.2, 0.25) is 5.91 Å². The summed E-state index contributed by atoms with van der Waals surface area (Å²) in [6, 6.07) is 2.36. The Morgan fingerprint density at radius 1 is 1.24 bits per heavy atom. The number of ether oxygens (including phenoxy) is 2. The van der Waals surface area contributed by atoms with Crippen molar-refractivity contribution in [3.8, 4) is 11.5 Å². The van der Waals surface area contributed by atoms with Crippen molar-refractivity contribution in [2.75, 3.05) is 19.5 Å². The van der Waals surface area contributed by atoms with Crippen molar-refractivity contribution in [3.63, 3.8) is 0 Å². The van der Waals surface area contributed by atoms with Crippen LogP contribution in [0.4, 0.5) is 10.1 Å². The number of rotatable bonds is 6. The topological polar surface area (TPSA) is 84.9 Å². The second-order valence-corrected chi connectivity index (χ2v) is 5.10. The van der Waals surface area contributed by atoms with Gasteiger partial charge in [0, 0.05) is 18.6 Å². The number of amides is 1. The largest absolute Gasteiger partial charge is 0.493 e. The molecule has 0 saturated carbocycles. The van der Waals surface area contributed by atoms with Crippen LogP contribution in [0.5, 0.6) is 11.5 Å². The normalized spacial score (nSPS) is 10.9. The Bertz CT molecular complexity index is 557. The van der Waals surface area contributed by atoms with Crippen molar-refractivity contribution in [2.45, 2.75) is 20.3 Å². The molecule has 2 N–H and O–H groups in total. The van der Waals surface area contributed by atoms with Gasteiger partial charge in [-0.15, -0.1) is 0 Å². The highest BCUT2D eigenvalue weighted by Crippen LogP contribution is 2.32. The molecule has 0 aliphatic rings. The molecule has 0 aliphatic carbocycles. The molecule has 0 heterocycles. The van der Waals surface area contributed by atoms with Crippen LogP contribution in [0.3, 0.4) is 0 Å². The first kappa shape index (κ1) is 16.7. The molecule has 116 valence electrons. The van der Waals surface area contributed by atoms with Gasteiger partial charge in [0.15, 0.2) is 17.3 Å². The van der Waals surface area contributed by atoms with Gasteiger partial charge in [0.25, 0.3) is 0 Å². The summed E-state index contributed by atoms with van der Waals surface area (Å²) in [4.78, 5) is 22.8. The van der Waals surface area contributed by atoms with E-state index in [4.69, 9.17) is 14.6 Å². The van der Waals surface area contributed by atoms with Crippen molar-refractivity contribution in [2.24, 2.45) is 5.41 Å². The van der Waals surface area contributed by atoms with Gasteiger partial charge in [0.1, 0.15) is 0 Å². The molecule has 0 saturated heterocycles. The highest BCUT2D eigenvalue weighted by molar-refractivity contribution is 5.94. The van der Waals surface area contributed by atoms with E-state index in [-0.39, 0.29) is 23.6 Å². The molecule has 1 aromatic rings. The van der Waals surface area contributed by atoms with Crippen LogP contribution in [-0.2, 0) is 9.59 Å². The highest BCUT2D eigenvalue weighted by atomic mass is 19.1. The molecule has 1 amide bonds. The van der Waals surface area contributed by atoms with E-state index >= 15 is 0 Å². The number of hydrogen-bond acceptors (Lipinski definition) is 4. The van der Waals surface area contributed by atoms with Crippen molar-refractivity contribution < 1.29 is 28.6 Å². The number of halogens is 1. The molecule has 0 aromatic heterocycles. The number of anilines is 1. The summed E-state index contributed by atoms with van der Waals surface area (Å²) in [5, 5.41) is 11.3. The Kier molecular flexibility index (Phi) is 5.12. The first-order chi connectivity index (χ1) is 9.71. The molecule has 0 atom stereocenters. The molecule has 0 fully saturated rings. The molecule has 0 spiro atoms. The first-order valence-corrected chi connectivity index (χ1v) is 6.16. The third kappa shape index (κ3) is 4.08. The molecule has 0 radical (unpaired) electrons. The number of carboxylic acids is 1. The summed E-state index contributed by atoms with van der Waals surface area (Å²) < 4.78 is 23.8. The van der Waals surface area contributed by atoms with Gasteiger partial charge in [-0.3, -0.25) is 9.59 Å². The van der Waals surface area contributed by atoms with E-state index in [0.717, 1.165) is 6.07 Å². The van der Waals surface area contributed by atoms with E-state index in [0.29, 0.717) is 0 Å². The van der Waals surface area contributed by atoms with Crippen LogP contribution >= 0.6 is 0 Å². The Morgan fingerprint density at radius 2 is 1.76 bits per heavy atom. The molecule has 0 unspecified atom stereocenters. The lowest BCUT2D eigenvalue weighted by Crippen LogP contribution is -2.29. The molecule has 6 nitrogen and oxygen atoms in total. The monoisotopic (exact) mass is 299 g/mol. The molecule has 0 bridgehead atoms. The maximum atomic E-state index is 13.8. The predicted octanol–water partition coefficient (Wildman–Crippen LogP) is 2.28. The highest BCUT2D eigenvalue weighted by Gasteiger charge is 2.30. The molecular weight excluding hydrogens is 281 g/mol. The van der Waals surface area contributed by atoms with Crippen LogP contribution in [-0.4, -0.2) is 31.2 Å². The average molecular weight is 299 g/mol. The maximum absolute atomic E-state index is 13.8. The Morgan fingerprint density at radius 3 is 2.24 bits per heavy atom. The summed E-state index contributed by atoms with van der Waals surface area (Å²) in [6.45, 7) is 2.83. The molecule has 21 heavy (non-hydrogen) atoms. The van der Waals surface area contributed by atoms with Crippen LogP contribution in [0.15, 0.2) is 12.1 Å². The van der Waals surface area contributed by atoms with Gasteiger partial charge < -0.3 is 19.9 Å². The average Bonchev–Trinajstić information content (AvgIpc) is 2.39. The van der Waals surface area contributed by atoms with Crippen molar-refractivity contribution >= 4 is 17.6 Å². The second-order valence-electron chi connectivity index (χ2n) is 5.10. The minimum Gasteiger partial charge on any atom is -0.493 e. The van der Waals surface area contributed by atoms with E-state index in [1.807, 2.05) is 0 Å². The fourth-order valence-electron chi connectivity index (χ4n) is 1.62. The molecule has 7 heteroatoms. The van der Waals surface area contributed by atoms with E-state index < -0.39 is 23.1 Å². The van der Waals surface area contributed by atoms with Crippen LogP contribution in [0.2, 0.25) is 0 Å². The number of carboxylic acid groups (broad SMARTS) is 1. The minimum atomic E-state index is -1.24. The fourth-order valence-corrected chi connectivity index (χ4v) is 1.62. The maximum Gasteiger partial charge on any atom is 0.309 e. The molecule has 1 rings (SSSR count). The zero-order chi connectivity index (χ0) is 16.2. The van der Waals surface area contributed by atoms with Crippen LogP contribution < -0.4 is 14.8 Å². The standard InChI is InChI=1S/C14H18FNO5/c1-14(2,13(18)19)7-12(17)16-9-6-11(21-4)10(20-3)5-8(9)15/h5-6H,7H2,1-4H3,(H,16,17)(H,18,19). The third-order valence-corrected chi connectivity index (χ3v) is 2.93. The summed E-state index contributed by atoms with van der Waals surface area (Å²) >= 11 is 0. The van der Waals surface area contributed by atoms with Crippen molar-refractivity contribution in [1.82, 2.24) is 0 Å². The number of hydrogen-bond donors (Lipinski definition) is 2. The van der Waals surface area contributed by atoms with E-state index in [9.17, 15) is 14.0 Å². The number of carbonyl (C=O) groups excluding carboxylic acids is 1. The van der Waals surface area contributed by atoms with E-state index in [1.54, 1.807) is 0 Å². The Balaban J connectivity index is 2.93. The number of methoxy groups -OCH3 is 2. The predicted molar refractivity (Wildman–Crippen MR) is 74.2 cm³/mol. The van der Waals surface area contributed by atoms with Crippen molar-refractivity contribution in [1.29, 1.82) is 0 Å².